The number of aliphatic hydroxyl groups is 1. The van der Waals surface area contributed by atoms with Gasteiger partial charge in [-0.25, -0.2) is 4.79 Å². The number of fused-ring (bicyclic) bond motifs is 1. The molecule has 0 spiro atoms. The van der Waals surface area contributed by atoms with Crippen molar-refractivity contribution in [2.45, 2.75) is 19.9 Å². The number of nitrogens with one attached hydrogen (secondary N) is 3. The molecular weight excluding hydrogens is 326 g/mol. The van der Waals surface area contributed by atoms with Crippen molar-refractivity contribution in [1.82, 2.24) is 15.3 Å². The zero-order valence-electron chi connectivity index (χ0n) is 11.2. The van der Waals surface area contributed by atoms with E-state index in [-0.39, 0.29) is 30.2 Å². The smallest absolute Gasteiger partial charge is 0.323 e. The van der Waals surface area contributed by atoms with Gasteiger partial charge < -0.3 is 20.4 Å². The topological polar surface area (TPSA) is 98.0 Å². The molecule has 1 heterocycles. The third-order valence-electron chi connectivity index (χ3n) is 3.33. The van der Waals surface area contributed by atoms with E-state index in [1.54, 1.807) is 12.1 Å². The van der Waals surface area contributed by atoms with Crippen molar-refractivity contribution in [3.8, 4) is 0 Å². The lowest BCUT2D eigenvalue weighted by Gasteiger charge is -2.19. The minimum Gasteiger partial charge on any atom is -0.396 e. The summed E-state index contributed by atoms with van der Waals surface area (Å²) in [5.41, 5.74) is 1.06. The second-order valence-corrected chi connectivity index (χ2v) is 5.79. The fourth-order valence-corrected chi connectivity index (χ4v) is 2.33. The van der Waals surface area contributed by atoms with Gasteiger partial charge in [0, 0.05) is 17.1 Å². The Morgan fingerprint density at radius 2 is 2.10 bits per heavy atom. The van der Waals surface area contributed by atoms with Crippen LogP contribution in [-0.4, -0.2) is 33.6 Å². The van der Waals surface area contributed by atoms with Crippen molar-refractivity contribution in [2.75, 3.05) is 6.61 Å². The van der Waals surface area contributed by atoms with Crippen molar-refractivity contribution in [3.05, 3.63) is 32.7 Å². The zero-order valence-corrected chi connectivity index (χ0v) is 12.7. The molecule has 108 valence electrons. The second kappa shape index (κ2) is 5.80. The normalized spacial score (nSPS) is 14.2. The van der Waals surface area contributed by atoms with Crippen molar-refractivity contribution in [3.63, 3.8) is 0 Å². The van der Waals surface area contributed by atoms with E-state index in [0.29, 0.717) is 21.1 Å². The van der Waals surface area contributed by atoms with E-state index in [9.17, 15) is 9.59 Å². The Hall–Kier alpha value is -1.60. The monoisotopic (exact) mass is 341 g/mol. The standard InChI is InChI=1S/C13H16BrN3O3/c1-6(5-18)7(2)15-12(19)9-3-8(14)4-10-11(9)17-13(20)16-10/h3-4,6-7,18H,5H2,1-2H3,(H,15,19)(H2,16,17,20)/t6-,7-/m0/s1. The lowest BCUT2D eigenvalue weighted by Crippen LogP contribution is -2.38. The Balaban J connectivity index is 2.37. The maximum Gasteiger partial charge on any atom is 0.323 e. The van der Waals surface area contributed by atoms with E-state index in [0.717, 1.165) is 0 Å². The van der Waals surface area contributed by atoms with Crippen LogP contribution < -0.4 is 11.0 Å². The molecule has 2 aromatic rings. The largest absolute Gasteiger partial charge is 0.396 e. The summed E-state index contributed by atoms with van der Waals surface area (Å²) in [6, 6.07) is 3.20. The molecule has 1 amide bonds. The van der Waals surface area contributed by atoms with Crippen LogP contribution in [0.5, 0.6) is 0 Å². The first-order valence-electron chi connectivity index (χ1n) is 6.25. The molecule has 0 unspecified atom stereocenters. The zero-order chi connectivity index (χ0) is 14.9. The number of aromatic nitrogens is 2. The van der Waals surface area contributed by atoms with Crippen molar-refractivity contribution in [2.24, 2.45) is 5.92 Å². The summed E-state index contributed by atoms with van der Waals surface area (Å²) < 4.78 is 0.702. The van der Waals surface area contributed by atoms with Crippen LogP contribution in [0, 0.1) is 5.92 Å². The first-order valence-corrected chi connectivity index (χ1v) is 7.05. The molecule has 1 aromatic heterocycles. The number of hydrogen-bond acceptors (Lipinski definition) is 3. The summed E-state index contributed by atoms with van der Waals surface area (Å²) >= 11 is 3.31. The van der Waals surface area contributed by atoms with Gasteiger partial charge in [-0.05, 0) is 25.0 Å². The minimum atomic E-state index is -0.357. The number of H-pyrrole nitrogens is 2. The minimum absolute atomic E-state index is 0.00364. The summed E-state index contributed by atoms with van der Waals surface area (Å²) in [6.07, 6.45) is 0. The third-order valence-corrected chi connectivity index (χ3v) is 3.79. The predicted molar refractivity (Wildman–Crippen MR) is 79.8 cm³/mol. The molecule has 7 heteroatoms. The lowest BCUT2D eigenvalue weighted by atomic mass is 10.0. The highest BCUT2D eigenvalue weighted by atomic mass is 79.9. The number of rotatable bonds is 4. The average Bonchev–Trinajstić information content (AvgIpc) is 2.76. The molecule has 0 fully saturated rings. The summed E-state index contributed by atoms with van der Waals surface area (Å²) in [6.45, 7) is 3.67. The first-order chi connectivity index (χ1) is 9.42. The Morgan fingerprint density at radius 3 is 2.75 bits per heavy atom. The van der Waals surface area contributed by atoms with Gasteiger partial charge in [0.1, 0.15) is 0 Å². The molecule has 20 heavy (non-hydrogen) atoms. The van der Waals surface area contributed by atoms with Crippen LogP contribution in [0.25, 0.3) is 11.0 Å². The second-order valence-electron chi connectivity index (χ2n) is 4.88. The number of halogens is 1. The number of hydrogen-bond donors (Lipinski definition) is 4. The summed E-state index contributed by atoms with van der Waals surface area (Å²) in [5, 5.41) is 11.9. The average molecular weight is 342 g/mol. The maximum absolute atomic E-state index is 12.3. The Labute approximate surface area is 123 Å². The van der Waals surface area contributed by atoms with Crippen LogP contribution in [0.15, 0.2) is 21.4 Å². The molecule has 0 aliphatic carbocycles. The highest BCUT2D eigenvalue weighted by molar-refractivity contribution is 9.10. The summed E-state index contributed by atoms with van der Waals surface area (Å²) in [4.78, 5) is 28.9. The van der Waals surface area contributed by atoms with Crippen LogP contribution in [0.3, 0.4) is 0 Å². The van der Waals surface area contributed by atoms with Gasteiger partial charge in [-0.1, -0.05) is 22.9 Å². The van der Waals surface area contributed by atoms with E-state index in [4.69, 9.17) is 5.11 Å². The van der Waals surface area contributed by atoms with E-state index in [1.807, 2.05) is 13.8 Å². The van der Waals surface area contributed by atoms with E-state index in [2.05, 4.69) is 31.2 Å². The molecule has 0 radical (unpaired) electrons. The van der Waals surface area contributed by atoms with Crippen molar-refractivity contribution < 1.29 is 9.90 Å². The van der Waals surface area contributed by atoms with E-state index < -0.39 is 0 Å². The molecule has 2 atom stereocenters. The van der Waals surface area contributed by atoms with Gasteiger partial charge in [-0.2, -0.15) is 0 Å². The van der Waals surface area contributed by atoms with Crippen LogP contribution in [-0.2, 0) is 0 Å². The van der Waals surface area contributed by atoms with Crippen molar-refractivity contribution in [1.29, 1.82) is 0 Å². The molecule has 0 aliphatic heterocycles. The van der Waals surface area contributed by atoms with E-state index >= 15 is 0 Å². The molecule has 6 nitrogen and oxygen atoms in total. The molecular formula is C13H16BrN3O3. The Kier molecular flexibility index (Phi) is 4.29. The number of carbonyl (C=O) groups is 1. The number of aliphatic hydroxyl groups excluding tert-OH is 1. The maximum atomic E-state index is 12.3. The Bertz CT molecular complexity index is 692. The van der Waals surface area contributed by atoms with Gasteiger partial charge in [-0.3, -0.25) is 4.79 Å². The molecule has 0 bridgehead atoms. The quantitative estimate of drug-likeness (QED) is 0.675. The van der Waals surface area contributed by atoms with Gasteiger partial charge in [0.25, 0.3) is 5.91 Å². The predicted octanol–water partition coefficient (Wildman–Crippen LogP) is 1.37. The number of carbonyl (C=O) groups excluding carboxylic acids is 1. The van der Waals surface area contributed by atoms with Crippen LogP contribution in [0.2, 0.25) is 0 Å². The summed E-state index contributed by atoms with van der Waals surface area (Å²) in [7, 11) is 0. The van der Waals surface area contributed by atoms with Gasteiger partial charge in [0.15, 0.2) is 0 Å². The molecule has 0 saturated heterocycles. The number of amides is 1. The van der Waals surface area contributed by atoms with Gasteiger partial charge in [0.05, 0.1) is 16.6 Å². The summed E-state index contributed by atoms with van der Waals surface area (Å²) in [5.74, 6) is -0.341. The van der Waals surface area contributed by atoms with E-state index in [1.165, 1.54) is 0 Å². The highest BCUT2D eigenvalue weighted by Gasteiger charge is 2.18. The third kappa shape index (κ3) is 2.94. The highest BCUT2D eigenvalue weighted by Crippen LogP contribution is 2.21. The molecule has 1 aromatic carbocycles. The van der Waals surface area contributed by atoms with Gasteiger partial charge in [-0.15, -0.1) is 0 Å². The Morgan fingerprint density at radius 1 is 1.40 bits per heavy atom. The van der Waals surface area contributed by atoms with Crippen LogP contribution in [0.4, 0.5) is 0 Å². The number of imidazole rings is 1. The SMILES string of the molecule is C[C@H](NC(=O)c1cc(Br)cc2[nH]c(=O)[nH]c12)[C@@H](C)CO. The fourth-order valence-electron chi connectivity index (χ4n) is 1.87. The van der Waals surface area contributed by atoms with Crippen LogP contribution >= 0.6 is 15.9 Å². The fraction of sp³-hybridized carbons (Fsp3) is 0.385. The van der Waals surface area contributed by atoms with Crippen LogP contribution in [0.1, 0.15) is 24.2 Å². The molecule has 2 rings (SSSR count). The van der Waals surface area contributed by atoms with Gasteiger partial charge in [0.2, 0.25) is 0 Å². The molecule has 0 aliphatic rings. The van der Waals surface area contributed by atoms with Gasteiger partial charge >= 0.3 is 5.69 Å². The molecule has 0 saturated carbocycles. The van der Waals surface area contributed by atoms with Crippen molar-refractivity contribution >= 4 is 32.9 Å². The molecule has 4 N–H and O–H groups in total. The first kappa shape index (κ1) is 14.8. The lowest BCUT2D eigenvalue weighted by molar-refractivity contribution is 0.0918. The number of aromatic amines is 2. The number of benzene rings is 1.